The molecular formula is C20H21F2NO2. The number of rotatable bonds is 5. The molecule has 1 aliphatic carbocycles. The molecule has 1 N–H and O–H groups in total. The fraction of sp³-hybridized carbons (Fsp3) is 0.350. The minimum atomic E-state index is -0.809. The first-order valence-electron chi connectivity index (χ1n) is 8.54. The molecule has 0 atom stereocenters. The van der Waals surface area contributed by atoms with Crippen LogP contribution in [0, 0.1) is 11.6 Å². The van der Waals surface area contributed by atoms with Crippen LogP contribution in [0.25, 0.3) is 0 Å². The average Bonchev–Trinajstić information content (AvgIpc) is 2.62. The zero-order valence-electron chi connectivity index (χ0n) is 13.9. The van der Waals surface area contributed by atoms with Crippen LogP contribution in [-0.2, 0) is 4.79 Å². The highest BCUT2D eigenvalue weighted by Gasteiger charge is 2.23. The van der Waals surface area contributed by atoms with Crippen molar-refractivity contribution in [3.8, 4) is 5.75 Å². The molecular weight excluding hydrogens is 324 g/mol. The maximum absolute atomic E-state index is 13.5. The van der Waals surface area contributed by atoms with Crippen molar-refractivity contribution in [1.82, 2.24) is 5.32 Å². The Morgan fingerprint density at radius 2 is 1.76 bits per heavy atom. The van der Waals surface area contributed by atoms with Crippen molar-refractivity contribution < 1.29 is 18.3 Å². The van der Waals surface area contributed by atoms with Gasteiger partial charge in [-0.3, -0.25) is 4.79 Å². The molecule has 0 bridgehead atoms. The number of halogens is 2. The predicted molar refractivity (Wildman–Crippen MR) is 91.4 cm³/mol. The van der Waals surface area contributed by atoms with Crippen molar-refractivity contribution in [2.75, 3.05) is 6.61 Å². The summed E-state index contributed by atoms with van der Waals surface area (Å²) in [4.78, 5) is 12.0. The molecule has 0 spiro atoms. The van der Waals surface area contributed by atoms with Gasteiger partial charge in [0.2, 0.25) is 0 Å². The van der Waals surface area contributed by atoms with Crippen LogP contribution < -0.4 is 10.1 Å². The molecule has 3 nitrogen and oxygen atoms in total. The van der Waals surface area contributed by atoms with Gasteiger partial charge in [0.1, 0.15) is 5.82 Å². The van der Waals surface area contributed by atoms with Crippen molar-refractivity contribution in [1.29, 1.82) is 0 Å². The molecule has 0 unspecified atom stereocenters. The first-order chi connectivity index (χ1) is 12.1. The second kappa shape index (κ2) is 8.10. The van der Waals surface area contributed by atoms with Crippen LogP contribution in [0.2, 0.25) is 0 Å². The normalized spacial score (nSPS) is 20.1. The lowest BCUT2D eigenvalue weighted by atomic mass is 9.82. The molecule has 25 heavy (non-hydrogen) atoms. The largest absolute Gasteiger partial charge is 0.481 e. The van der Waals surface area contributed by atoms with Gasteiger partial charge in [0, 0.05) is 12.1 Å². The number of hydrogen-bond acceptors (Lipinski definition) is 2. The Bertz CT molecular complexity index is 713. The van der Waals surface area contributed by atoms with Gasteiger partial charge in [0.05, 0.1) is 0 Å². The smallest absolute Gasteiger partial charge is 0.258 e. The Kier molecular flexibility index (Phi) is 5.64. The number of hydrogen-bond donors (Lipinski definition) is 1. The Morgan fingerprint density at radius 3 is 2.44 bits per heavy atom. The van der Waals surface area contributed by atoms with Gasteiger partial charge in [0.15, 0.2) is 18.2 Å². The van der Waals surface area contributed by atoms with E-state index in [0.717, 1.165) is 37.8 Å². The fourth-order valence-electron chi connectivity index (χ4n) is 3.30. The van der Waals surface area contributed by atoms with E-state index in [1.807, 2.05) is 6.07 Å². The molecule has 5 heteroatoms. The van der Waals surface area contributed by atoms with Gasteiger partial charge in [-0.15, -0.1) is 0 Å². The average molecular weight is 345 g/mol. The number of ether oxygens (including phenoxy) is 1. The van der Waals surface area contributed by atoms with E-state index < -0.39 is 11.6 Å². The van der Waals surface area contributed by atoms with Gasteiger partial charge >= 0.3 is 0 Å². The molecule has 1 fully saturated rings. The zero-order chi connectivity index (χ0) is 17.6. The molecule has 0 aromatic heterocycles. The number of carbonyl (C=O) groups excluding carboxylic acids is 1. The van der Waals surface area contributed by atoms with Crippen molar-refractivity contribution in [2.24, 2.45) is 0 Å². The molecule has 0 radical (unpaired) electrons. The minimum Gasteiger partial charge on any atom is -0.481 e. The first kappa shape index (κ1) is 17.4. The lowest BCUT2D eigenvalue weighted by molar-refractivity contribution is -0.124. The quantitative estimate of drug-likeness (QED) is 0.883. The highest BCUT2D eigenvalue weighted by molar-refractivity contribution is 5.77. The Labute approximate surface area is 146 Å². The van der Waals surface area contributed by atoms with E-state index in [4.69, 9.17) is 4.74 Å². The Hall–Kier alpha value is -2.43. The van der Waals surface area contributed by atoms with Gasteiger partial charge in [-0.05, 0) is 49.3 Å². The lowest BCUT2D eigenvalue weighted by Gasteiger charge is -2.29. The topological polar surface area (TPSA) is 38.3 Å². The molecule has 2 aromatic rings. The SMILES string of the molecule is O=C(COc1ccc(F)cc1F)NC1CCC(c2ccccc2)CC1. The van der Waals surface area contributed by atoms with E-state index >= 15 is 0 Å². The summed E-state index contributed by atoms with van der Waals surface area (Å²) in [7, 11) is 0. The summed E-state index contributed by atoms with van der Waals surface area (Å²) in [5.41, 5.74) is 1.35. The summed E-state index contributed by atoms with van der Waals surface area (Å²) in [5.74, 6) is -1.35. The van der Waals surface area contributed by atoms with Crippen LogP contribution in [0.4, 0.5) is 8.78 Å². The molecule has 3 rings (SSSR count). The van der Waals surface area contributed by atoms with Crippen LogP contribution in [0.15, 0.2) is 48.5 Å². The van der Waals surface area contributed by atoms with Crippen molar-refractivity contribution in [3.63, 3.8) is 0 Å². The van der Waals surface area contributed by atoms with Crippen LogP contribution in [0.5, 0.6) is 5.75 Å². The highest BCUT2D eigenvalue weighted by atomic mass is 19.1. The summed E-state index contributed by atoms with van der Waals surface area (Å²) in [6, 6.07) is 13.5. The summed E-state index contributed by atoms with van der Waals surface area (Å²) in [5, 5.41) is 2.93. The summed E-state index contributed by atoms with van der Waals surface area (Å²) in [6.45, 7) is -0.277. The van der Waals surface area contributed by atoms with Crippen LogP contribution in [0.3, 0.4) is 0 Å². The van der Waals surface area contributed by atoms with Gasteiger partial charge in [-0.2, -0.15) is 0 Å². The monoisotopic (exact) mass is 345 g/mol. The number of nitrogens with one attached hydrogen (secondary N) is 1. The van der Waals surface area contributed by atoms with E-state index in [-0.39, 0.29) is 24.3 Å². The Balaban J connectivity index is 1.43. The third-order valence-corrected chi connectivity index (χ3v) is 4.62. The summed E-state index contributed by atoms with van der Waals surface area (Å²) < 4.78 is 31.4. The van der Waals surface area contributed by atoms with Gasteiger partial charge in [-0.25, -0.2) is 8.78 Å². The van der Waals surface area contributed by atoms with E-state index in [1.165, 1.54) is 11.6 Å². The second-order valence-corrected chi connectivity index (χ2v) is 6.39. The van der Waals surface area contributed by atoms with Crippen molar-refractivity contribution >= 4 is 5.91 Å². The minimum absolute atomic E-state index is 0.120. The summed E-state index contributed by atoms with van der Waals surface area (Å²) in [6.07, 6.45) is 3.89. The van der Waals surface area contributed by atoms with E-state index in [9.17, 15) is 13.6 Å². The maximum atomic E-state index is 13.5. The van der Waals surface area contributed by atoms with Gasteiger partial charge in [-0.1, -0.05) is 30.3 Å². The molecule has 1 saturated carbocycles. The van der Waals surface area contributed by atoms with Crippen molar-refractivity contribution in [3.05, 3.63) is 65.7 Å². The summed E-state index contributed by atoms with van der Waals surface area (Å²) >= 11 is 0. The van der Waals surface area contributed by atoms with Crippen LogP contribution in [-0.4, -0.2) is 18.6 Å². The lowest BCUT2D eigenvalue weighted by Crippen LogP contribution is -2.39. The molecule has 0 saturated heterocycles. The number of amides is 1. The van der Waals surface area contributed by atoms with Crippen molar-refractivity contribution in [2.45, 2.75) is 37.6 Å². The van der Waals surface area contributed by atoms with E-state index in [0.29, 0.717) is 5.92 Å². The van der Waals surface area contributed by atoms with Crippen LogP contribution in [0.1, 0.15) is 37.2 Å². The van der Waals surface area contributed by atoms with E-state index in [1.54, 1.807) is 0 Å². The van der Waals surface area contributed by atoms with Crippen LogP contribution >= 0.6 is 0 Å². The molecule has 1 amide bonds. The fourth-order valence-corrected chi connectivity index (χ4v) is 3.30. The maximum Gasteiger partial charge on any atom is 0.258 e. The Morgan fingerprint density at radius 1 is 1.04 bits per heavy atom. The second-order valence-electron chi connectivity index (χ2n) is 6.39. The molecule has 2 aromatic carbocycles. The highest BCUT2D eigenvalue weighted by Crippen LogP contribution is 2.32. The molecule has 1 aliphatic rings. The third kappa shape index (κ3) is 4.78. The molecule has 0 aliphatic heterocycles. The van der Waals surface area contributed by atoms with Gasteiger partial charge < -0.3 is 10.1 Å². The molecule has 0 heterocycles. The molecule has 132 valence electrons. The third-order valence-electron chi connectivity index (χ3n) is 4.62. The number of benzene rings is 2. The zero-order valence-corrected chi connectivity index (χ0v) is 13.9. The first-order valence-corrected chi connectivity index (χ1v) is 8.54. The standard InChI is InChI=1S/C20H21F2NO2/c21-16-8-11-19(18(22)12-16)25-13-20(24)23-17-9-6-15(7-10-17)14-4-2-1-3-5-14/h1-5,8,11-12,15,17H,6-7,9-10,13H2,(H,23,24). The van der Waals surface area contributed by atoms with E-state index in [2.05, 4.69) is 29.6 Å². The number of carbonyl (C=O) groups is 1. The van der Waals surface area contributed by atoms with Gasteiger partial charge in [0.25, 0.3) is 5.91 Å². The predicted octanol–water partition coefficient (Wildman–Crippen LogP) is 4.19.